The van der Waals surface area contributed by atoms with Crippen molar-refractivity contribution in [1.82, 2.24) is 15.5 Å². The molecule has 1 saturated heterocycles. The van der Waals surface area contributed by atoms with E-state index < -0.39 is 0 Å². The number of hydrogen-bond acceptors (Lipinski definition) is 4. The quantitative estimate of drug-likeness (QED) is 0.196. The molecule has 2 rings (SSSR count). The number of halogens is 1. The van der Waals surface area contributed by atoms with Gasteiger partial charge in [-0.15, -0.1) is 24.0 Å². The van der Waals surface area contributed by atoms with E-state index in [2.05, 4.69) is 68.5 Å². The summed E-state index contributed by atoms with van der Waals surface area (Å²) in [6, 6.07) is 6.95. The molecule has 1 atom stereocenters. The monoisotopic (exact) mass is 532 g/mol. The Morgan fingerprint density at radius 1 is 1.30 bits per heavy atom. The zero-order valence-corrected chi connectivity index (χ0v) is 21.7. The smallest absolute Gasteiger partial charge is 0.191 e. The highest BCUT2D eigenvalue weighted by atomic mass is 127. The van der Waals surface area contributed by atoms with E-state index >= 15 is 0 Å². The van der Waals surface area contributed by atoms with Gasteiger partial charge < -0.3 is 25.0 Å². The van der Waals surface area contributed by atoms with Crippen molar-refractivity contribution in [1.29, 1.82) is 0 Å². The van der Waals surface area contributed by atoms with Crippen LogP contribution in [0.3, 0.4) is 0 Å². The molecule has 1 fully saturated rings. The Labute approximate surface area is 200 Å². The molecule has 1 aliphatic rings. The fourth-order valence-electron chi connectivity index (χ4n) is 3.14. The van der Waals surface area contributed by atoms with Crippen molar-refractivity contribution in [3.05, 3.63) is 29.3 Å². The van der Waals surface area contributed by atoms with Gasteiger partial charge in [0.25, 0.3) is 0 Å². The first-order valence-corrected chi connectivity index (χ1v) is 11.1. The van der Waals surface area contributed by atoms with Crippen LogP contribution in [0.25, 0.3) is 0 Å². The first-order chi connectivity index (χ1) is 14.0. The molecule has 0 spiro atoms. The minimum atomic E-state index is 0. The van der Waals surface area contributed by atoms with E-state index in [1.165, 1.54) is 12.0 Å². The number of hydrogen-bond donors (Lipinski definition) is 2. The number of nitrogens with one attached hydrogen (secondary N) is 2. The lowest BCUT2D eigenvalue weighted by Gasteiger charge is -2.20. The highest BCUT2D eigenvalue weighted by Gasteiger charge is 2.18. The van der Waals surface area contributed by atoms with Gasteiger partial charge in [-0.1, -0.05) is 12.1 Å². The number of unbranched alkanes of at least 4 members (excludes halogenated alkanes) is 1. The van der Waals surface area contributed by atoms with E-state index in [4.69, 9.17) is 14.5 Å². The maximum atomic E-state index is 6.19. The lowest BCUT2D eigenvalue weighted by molar-refractivity contribution is 0.140. The van der Waals surface area contributed by atoms with Crippen LogP contribution in [-0.2, 0) is 11.3 Å². The maximum Gasteiger partial charge on any atom is 0.191 e. The van der Waals surface area contributed by atoms with E-state index in [0.29, 0.717) is 19.2 Å². The minimum absolute atomic E-state index is 0. The number of ether oxygens (including phenoxy) is 2. The molecule has 2 N–H and O–H groups in total. The topological polar surface area (TPSA) is 58.1 Å². The van der Waals surface area contributed by atoms with Crippen molar-refractivity contribution in [2.75, 3.05) is 39.9 Å². The predicted molar refractivity (Wildman–Crippen MR) is 136 cm³/mol. The summed E-state index contributed by atoms with van der Waals surface area (Å²) in [4.78, 5) is 7.16. The molecule has 1 unspecified atom stereocenters. The summed E-state index contributed by atoms with van der Waals surface area (Å²) in [5, 5.41) is 6.80. The number of rotatable bonds is 11. The minimum Gasteiger partial charge on any atom is -0.488 e. The predicted octanol–water partition coefficient (Wildman–Crippen LogP) is 3.96. The molecule has 0 saturated carbocycles. The number of benzene rings is 1. The number of aliphatic imine (C=N–C) groups is 1. The van der Waals surface area contributed by atoms with Gasteiger partial charge in [0.05, 0.1) is 19.8 Å². The molecule has 6 nitrogen and oxygen atoms in total. The average Bonchev–Trinajstić information content (AvgIpc) is 3.19. The van der Waals surface area contributed by atoms with Crippen molar-refractivity contribution in [3.8, 4) is 5.75 Å². The van der Waals surface area contributed by atoms with Crippen LogP contribution < -0.4 is 15.4 Å². The molecule has 0 aliphatic carbocycles. The highest BCUT2D eigenvalue weighted by molar-refractivity contribution is 14.0. The average molecular weight is 533 g/mol. The Hall–Kier alpha value is -1.06. The van der Waals surface area contributed by atoms with E-state index in [9.17, 15) is 0 Å². The molecule has 1 heterocycles. The fraction of sp³-hybridized carbons (Fsp3) is 0.696. The third kappa shape index (κ3) is 9.83. The second-order valence-corrected chi connectivity index (χ2v) is 8.12. The van der Waals surface area contributed by atoms with Crippen molar-refractivity contribution in [2.45, 2.75) is 65.6 Å². The van der Waals surface area contributed by atoms with Gasteiger partial charge in [-0.05, 0) is 65.8 Å². The molecule has 0 amide bonds. The summed E-state index contributed by atoms with van der Waals surface area (Å²) >= 11 is 0. The van der Waals surface area contributed by atoms with E-state index in [1.54, 1.807) is 0 Å². The van der Waals surface area contributed by atoms with Gasteiger partial charge in [0.1, 0.15) is 11.9 Å². The molecule has 172 valence electrons. The van der Waals surface area contributed by atoms with Gasteiger partial charge in [-0.2, -0.15) is 0 Å². The molecule has 1 aliphatic heterocycles. The second kappa shape index (κ2) is 14.9. The number of nitrogens with zero attached hydrogens (tertiary/aromatic N) is 2. The lowest BCUT2D eigenvalue weighted by Crippen LogP contribution is -2.38. The molecular weight excluding hydrogens is 491 g/mol. The van der Waals surface area contributed by atoms with Crippen molar-refractivity contribution >= 4 is 29.9 Å². The molecule has 0 radical (unpaired) electrons. The van der Waals surface area contributed by atoms with Crippen LogP contribution in [0.5, 0.6) is 5.75 Å². The molecule has 1 aromatic carbocycles. The Morgan fingerprint density at radius 2 is 2.10 bits per heavy atom. The maximum absolute atomic E-state index is 6.19. The zero-order valence-electron chi connectivity index (χ0n) is 19.4. The summed E-state index contributed by atoms with van der Waals surface area (Å²) in [5.74, 6) is 1.79. The van der Waals surface area contributed by atoms with Gasteiger partial charge in [-0.25, -0.2) is 4.99 Å². The second-order valence-electron chi connectivity index (χ2n) is 8.12. The van der Waals surface area contributed by atoms with Gasteiger partial charge in [0.2, 0.25) is 0 Å². The first-order valence-electron chi connectivity index (χ1n) is 11.1. The summed E-state index contributed by atoms with van der Waals surface area (Å²) in [6.07, 6.45) is 3.41. The van der Waals surface area contributed by atoms with Crippen molar-refractivity contribution in [2.24, 2.45) is 4.99 Å². The van der Waals surface area contributed by atoms with Gasteiger partial charge in [0.15, 0.2) is 5.96 Å². The number of aryl methyl sites for hydroxylation is 1. The van der Waals surface area contributed by atoms with Gasteiger partial charge >= 0.3 is 0 Å². The molecule has 0 aromatic heterocycles. The lowest BCUT2D eigenvalue weighted by atomic mass is 10.1. The summed E-state index contributed by atoms with van der Waals surface area (Å²) in [5.41, 5.74) is 2.31. The summed E-state index contributed by atoms with van der Waals surface area (Å²) in [7, 11) is 2.18. The molecular formula is C23H41IN4O2. The van der Waals surface area contributed by atoms with E-state index in [-0.39, 0.29) is 30.1 Å². The van der Waals surface area contributed by atoms with Gasteiger partial charge in [-0.3, -0.25) is 0 Å². The van der Waals surface area contributed by atoms with Crippen LogP contribution >= 0.6 is 24.0 Å². The van der Waals surface area contributed by atoms with Crippen LogP contribution in [0.2, 0.25) is 0 Å². The van der Waals surface area contributed by atoms with Crippen LogP contribution in [0.4, 0.5) is 0 Å². The van der Waals surface area contributed by atoms with Gasteiger partial charge in [0, 0.05) is 31.1 Å². The normalized spacial score (nSPS) is 16.6. The van der Waals surface area contributed by atoms with Crippen LogP contribution in [-0.4, -0.2) is 62.9 Å². The van der Waals surface area contributed by atoms with Crippen LogP contribution in [0.15, 0.2) is 23.2 Å². The van der Waals surface area contributed by atoms with E-state index in [1.807, 2.05) is 0 Å². The molecule has 7 heteroatoms. The Kier molecular flexibility index (Phi) is 13.4. The first kappa shape index (κ1) is 27.0. The summed E-state index contributed by atoms with van der Waals surface area (Å²) < 4.78 is 11.6. The Morgan fingerprint density at radius 3 is 2.77 bits per heavy atom. The number of guanidine groups is 1. The third-order valence-electron chi connectivity index (χ3n) is 5.27. The van der Waals surface area contributed by atoms with Crippen molar-refractivity contribution < 1.29 is 9.47 Å². The highest BCUT2D eigenvalue weighted by Crippen LogP contribution is 2.24. The zero-order chi connectivity index (χ0) is 21.1. The summed E-state index contributed by atoms with van der Waals surface area (Å²) in [6.45, 7) is 13.6. The SMILES string of the molecule is CCNC(=NCc1ccc(C)cc1OC1CCOC1)NCCCCN(C)C(C)C.I. The third-order valence-corrected chi connectivity index (χ3v) is 5.27. The van der Waals surface area contributed by atoms with Crippen LogP contribution in [0.1, 0.15) is 51.2 Å². The Balaban J connectivity index is 0.00000450. The van der Waals surface area contributed by atoms with Crippen LogP contribution in [0, 0.1) is 6.92 Å². The standard InChI is InChI=1S/C23H40N4O2.HI/c1-6-24-23(25-12-7-8-13-27(5)18(2)3)26-16-20-10-9-19(4)15-22(20)29-21-11-14-28-17-21;/h9-10,15,18,21H,6-8,11-14,16-17H2,1-5H3,(H2,24,25,26);1H. The molecule has 1 aromatic rings. The largest absolute Gasteiger partial charge is 0.488 e. The Bertz CT molecular complexity index is 634. The van der Waals surface area contributed by atoms with E-state index in [0.717, 1.165) is 56.4 Å². The fourth-order valence-corrected chi connectivity index (χ4v) is 3.14. The van der Waals surface area contributed by atoms with Crippen molar-refractivity contribution in [3.63, 3.8) is 0 Å². The molecule has 0 bridgehead atoms. The molecule has 30 heavy (non-hydrogen) atoms.